The first-order valence-electron chi connectivity index (χ1n) is 8.46. The molecule has 0 unspecified atom stereocenters. The van der Waals surface area contributed by atoms with E-state index < -0.39 is 0 Å². The topological polar surface area (TPSA) is 12.0 Å². The Morgan fingerprint density at radius 3 is 1.80 bits per heavy atom. The highest BCUT2D eigenvalue weighted by molar-refractivity contribution is 6.11. The largest absolute Gasteiger partial charge is 0.368 e. The molecule has 0 spiro atoms. The van der Waals surface area contributed by atoms with Crippen LogP contribution in [0.25, 0.3) is 32.3 Å². The van der Waals surface area contributed by atoms with Gasteiger partial charge < -0.3 is 5.32 Å². The molecule has 0 bridgehead atoms. The maximum absolute atomic E-state index is 2.92. The van der Waals surface area contributed by atoms with Crippen LogP contribution in [0, 0.1) is 0 Å². The Kier molecular flexibility index (Phi) is 4.30. The monoisotopic (exact) mass is 321 g/mol. The maximum atomic E-state index is 2.92. The zero-order valence-corrected chi connectivity index (χ0v) is 13.9. The molecular formula is C24H19N. The fourth-order valence-electron chi connectivity index (χ4n) is 3.10. The molecule has 0 saturated carbocycles. The van der Waals surface area contributed by atoms with Crippen molar-refractivity contribution in [3.63, 3.8) is 0 Å². The molecule has 5 rings (SSSR count). The third kappa shape index (κ3) is 3.31. The Labute approximate surface area is 147 Å². The van der Waals surface area contributed by atoms with Gasteiger partial charge >= 0.3 is 0 Å². The molecule has 1 heterocycles. The van der Waals surface area contributed by atoms with E-state index in [2.05, 4.69) is 78.1 Å². The van der Waals surface area contributed by atoms with Crippen molar-refractivity contribution < 1.29 is 0 Å². The molecule has 0 atom stereocenters. The van der Waals surface area contributed by atoms with Crippen molar-refractivity contribution in [2.75, 3.05) is 0 Å². The summed E-state index contributed by atoms with van der Waals surface area (Å²) >= 11 is 0. The molecule has 1 heteroatoms. The van der Waals surface area contributed by atoms with Gasteiger partial charge in [0.15, 0.2) is 0 Å². The lowest BCUT2D eigenvalue weighted by Crippen LogP contribution is -1.87. The third-order valence-electron chi connectivity index (χ3n) is 4.33. The van der Waals surface area contributed by atoms with E-state index in [9.17, 15) is 0 Å². The van der Waals surface area contributed by atoms with E-state index in [-0.39, 0.29) is 0 Å². The number of hydrogen-bond acceptors (Lipinski definition) is 1. The van der Waals surface area contributed by atoms with Crippen LogP contribution in [0.2, 0.25) is 0 Å². The number of nitrogens with one attached hydrogen (secondary N) is 1. The zero-order valence-electron chi connectivity index (χ0n) is 13.9. The Balaban J connectivity index is 0.000000190. The number of fused-ring (bicyclic) bond motifs is 4. The Morgan fingerprint density at radius 1 is 0.440 bits per heavy atom. The lowest BCUT2D eigenvalue weighted by atomic mass is 9.98. The van der Waals surface area contributed by atoms with Crippen LogP contribution in [0.4, 0.5) is 0 Å². The summed E-state index contributed by atoms with van der Waals surface area (Å²) in [5.74, 6) is 0. The Hall–Kier alpha value is -3.32. The standard InChI is InChI=1S/C18H12.C6H7N/c1-2-7-15-12-18-16(11-14(15)6-1)10-9-13-5-3-4-8-17(13)18;1-2-4-6-7-5-3-1/h1-12H;1-7H. The highest BCUT2D eigenvalue weighted by Crippen LogP contribution is 2.29. The van der Waals surface area contributed by atoms with E-state index in [0.29, 0.717) is 0 Å². The van der Waals surface area contributed by atoms with Gasteiger partial charge in [-0.25, -0.2) is 0 Å². The Bertz CT molecular complexity index is 1100. The number of hydrogen-bond donors (Lipinski definition) is 1. The van der Waals surface area contributed by atoms with E-state index in [1.165, 1.54) is 32.3 Å². The molecule has 4 aromatic carbocycles. The van der Waals surface area contributed by atoms with Crippen molar-refractivity contribution in [3.8, 4) is 0 Å². The van der Waals surface area contributed by atoms with Crippen LogP contribution in [-0.2, 0) is 0 Å². The van der Waals surface area contributed by atoms with Crippen molar-refractivity contribution in [2.45, 2.75) is 0 Å². The van der Waals surface area contributed by atoms with Crippen molar-refractivity contribution >= 4 is 32.3 Å². The summed E-state index contributed by atoms with van der Waals surface area (Å²) in [5.41, 5.74) is 0. The van der Waals surface area contributed by atoms with E-state index >= 15 is 0 Å². The van der Waals surface area contributed by atoms with E-state index in [4.69, 9.17) is 0 Å². The molecule has 0 radical (unpaired) electrons. The van der Waals surface area contributed by atoms with Gasteiger partial charge in [-0.15, -0.1) is 0 Å². The predicted octanol–water partition coefficient (Wildman–Crippen LogP) is 6.32. The molecule has 1 aliphatic heterocycles. The molecule has 25 heavy (non-hydrogen) atoms. The summed E-state index contributed by atoms with van der Waals surface area (Å²) in [4.78, 5) is 0. The van der Waals surface area contributed by atoms with Crippen LogP contribution >= 0.6 is 0 Å². The molecule has 4 aromatic rings. The summed E-state index contributed by atoms with van der Waals surface area (Å²) in [7, 11) is 0. The van der Waals surface area contributed by atoms with Crippen molar-refractivity contribution in [1.29, 1.82) is 0 Å². The van der Waals surface area contributed by atoms with Crippen LogP contribution in [0.3, 0.4) is 0 Å². The van der Waals surface area contributed by atoms with Gasteiger partial charge in [0.25, 0.3) is 0 Å². The average Bonchev–Trinajstić information content (AvgIpc) is 3.00. The molecule has 0 aromatic heterocycles. The summed E-state index contributed by atoms with van der Waals surface area (Å²) in [5, 5.41) is 10.8. The second-order valence-corrected chi connectivity index (χ2v) is 5.98. The second-order valence-electron chi connectivity index (χ2n) is 5.98. The fourth-order valence-corrected chi connectivity index (χ4v) is 3.10. The first-order chi connectivity index (χ1) is 12.4. The molecule has 0 amide bonds. The minimum absolute atomic E-state index is 1.31. The average molecular weight is 321 g/mol. The highest BCUT2D eigenvalue weighted by Gasteiger charge is 2.01. The SMILES string of the molecule is C1=CC=CNC=C1.c1ccc2cc3c(ccc4ccccc43)cc2c1. The molecule has 1 N–H and O–H groups in total. The second kappa shape index (κ2) is 7.06. The third-order valence-corrected chi connectivity index (χ3v) is 4.33. The predicted molar refractivity (Wildman–Crippen MR) is 110 cm³/mol. The van der Waals surface area contributed by atoms with Crippen LogP contribution in [-0.4, -0.2) is 0 Å². The van der Waals surface area contributed by atoms with Crippen LogP contribution < -0.4 is 5.32 Å². The fraction of sp³-hybridized carbons (Fsp3) is 0. The van der Waals surface area contributed by atoms with E-state index in [1.807, 2.05) is 36.7 Å². The number of rotatable bonds is 0. The maximum Gasteiger partial charge on any atom is 0.000442 e. The molecule has 120 valence electrons. The van der Waals surface area contributed by atoms with Crippen LogP contribution in [0.15, 0.2) is 110 Å². The van der Waals surface area contributed by atoms with Gasteiger partial charge in [-0.05, 0) is 56.6 Å². The van der Waals surface area contributed by atoms with Crippen molar-refractivity contribution in [2.24, 2.45) is 0 Å². The molecule has 1 nitrogen and oxygen atoms in total. The first kappa shape index (κ1) is 15.2. The summed E-state index contributed by atoms with van der Waals surface area (Å²) < 4.78 is 0. The molecule has 1 aliphatic rings. The smallest absolute Gasteiger partial charge is 0.000442 e. The molecule has 0 aliphatic carbocycles. The zero-order chi connectivity index (χ0) is 16.9. The molecular weight excluding hydrogens is 302 g/mol. The van der Waals surface area contributed by atoms with E-state index in [1.54, 1.807) is 0 Å². The summed E-state index contributed by atoms with van der Waals surface area (Å²) in [6.07, 6.45) is 11.6. The summed E-state index contributed by atoms with van der Waals surface area (Å²) in [6.45, 7) is 0. The van der Waals surface area contributed by atoms with Gasteiger partial charge in [-0.2, -0.15) is 0 Å². The highest BCUT2D eigenvalue weighted by atomic mass is 14.8. The lowest BCUT2D eigenvalue weighted by molar-refractivity contribution is 1.20. The van der Waals surface area contributed by atoms with Gasteiger partial charge in [0.1, 0.15) is 0 Å². The number of allylic oxidation sites excluding steroid dienone is 4. The van der Waals surface area contributed by atoms with Crippen LogP contribution in [0.5, 0.6) is 0 Å². The molecule has 0 saturated heterocycles. The van der Waals surface area contributed by atoms with E-state index in [0.717, 1.165) is 0 Å². The van der Waals surface area contributed by atoms with Crippen molar-refractivity contribution in [3.05, 3.63) is 110 Å². The first-order valence-corrected chi connectivity index (χ1v) is 8.46. The lowest BCUT2D eigenvalue weighted by Gasteiger charge is -2.06. The van der Waals surface area contributed by atoms with Gasteiger partial charge in [0.05, 0.1) is 0 Å². The van der Waals surface area contributed by atoms with Gasteiger partial charge in [-0.1, -0.05) is 72.8 Å². The number of benzene rings is 4. The van der Waals surface area contributed by atoms with Gasteiger partial charge in [0, 0.05) is 12.4 Å². The molecule has 0 fully saturated rings. The van der Waals surface area contributed by atoms with Gasteiger partial charge in [-0.3, -0.25) is 0 Å². The normalized spacial score (nSPS) is 12.6. The summed E-state index contributed by atoms with van der Waals surface area (Å²) in [6, 6.07) is 26.1. The van der Waals surface area contributed by atoms with Crippen LogP contribution in [0.1, 0.15) is 0 Å². The minimum Gasteiger partial charge on any atom is -0.368 e. The minimum atomic E-state index is 1.31. The quantitative estimate of drug-likeness (QED) is 0.295. The van der Waals surface area contributed by atoms with Gasteiger partial charge in [0.2, 0.25) is 0 Å². The van der Waals surface area contributed by atoms with Crippen molar-refractivity contribution in [1.82, 2.24) is 5.32 Å². The Morgan fingerprint density at radius 2 is 1.04 bits per heavy atom.